The highest BCUT2D eigenvalue weighted by atomic mass is 16.5. The summed E-state index contributed by atoms with van der Waals surface area (Å²) < 4.78 is 5.33. The predicted molar refractivity (Wildman–Crippen MR) is 103 cm³/mol. The topological polar surface area (TPSA) is 78.6 Å². The first-order chi connectivity index (χ1) is 13.1. The molecular formula is C21H29N3O3. The lowest BCUT2D eigenvalue weighted by atomic mass is 9.90. The zero-order valence-electron chi connectivity index (χ0n) is 15.9. The van der Waals surface area contributed by atoms with Gasteiger partial charge in [0.15, 0.2) is 11.5 Å². The quantitative estimate of drug-likeness (QED) is 0.746. The molecule has 6 heteroatoms. The van der Waals surface area contributed by atoms with Crippen molar-refractivity contribution >= 4 is 5.91 Å². The van der Waals surface area contributed by atoms with Crippen LogP contribution < -0.4 is 5.32 Å². The Morgan fingerprint density at radius 3 is 2.78 bits per heavy atom. The summed E-state index contributed by atoms with van der Waals surface area (Å²) in [6.45, 7) is 4.83. The molecule has 1 unspecified atom stereocenters. The number of aliphatic hydroxyl groups excluding tert-OH is 1. The Morgan fingerprint density at radius 2 is 2.07 bits per heavy atom. The summed E-state index contributed by atoms with van der Waals surface area (Å²) in [6, 6.07) is 12.4. The SMILES string of the molecule is CCC(O)CNC(=O)c1cc(CN2CCC(Cc3ccccc3)CC2)on1. The number of hydrogen-bond donors (Lipinski definition) is 2. The Kier molecular flexibility index (Phi) is 7.01. The van der Waals surface area contributed by atoms with Crippen molar-refractivity contribution in [2.75, 3.05) is 19.6 Å². The highest BCUT2D eigenvalue weighted by Gasteiger charge is 2.21. The van der Waals surface area contributed by atoms with Crippen LogP contribution in [0.3, 0.4) is 0 Å². The molecule has 2 aromatic rings. The standard InChI is InChI=1S/C21H29N3O3/c1-2-18(25)14-22-21(26)20-13-19(27-23-20)15-24-10-8-17(9-11-24)12-16-6-4-3-5-7-16/h3-7,13,17-18,25H,2,8-12,14-15H2,1H3,(H,22,26). The van der Waals surface area contributed by atoms with E-state index in [1.807, 2.05) is 6.92 Å². The summed E-state index contributed by atoms with van der Waals surface area (Å²) in [5, 5.41) is 16.1. The molecule has 1 aliphatic rings. The maximum absolute atomic E-state index is 12.0. The van der Waals surface area contributed by atoms with Gasteiger partial charge in [-0.25, -0.2) is 0 Å². The molecule has 0 aliphatic carbocycles. The van der Waals surface area contributed by atoms with E-state index in [0.29, 0.717) is 18.7 Å². The fourth-order valence-corrected chi connectivity index (χ4v) is 3.46. The number of likely N-dealkylation sites (tertiary alicyclic amines) is 1. The van der Waals surface area contributed by atoms with E-state index in [-0.39, 0.29) is 18.1 Å². The lowest BCUT2D eigenvalue weighted by molar-refractivity contribution is 0.0904. The van der Waals surface area contributed by atoms with E-state index in [1.165, 1.54) is 18.4 Å². The average Bonchev–Trinajstić information content (AvgIpc) is 3.17. The zero-order valence-corrected chi connectivity index (χ0v) is 15.9. The second-order valence-electron chi connectivity index (χ2n) is 7.36. The van der Waals surface area contributed by atoms with Crippen molar-refractivity contribution in [1.29, 1.82) is 0 Å². The van der Waals surface area contributed by atoms with Gasteiger partial charge in [0.25, 0.3) is 5.91 Å². The molecule has 6 nitrogen and oxygen atoms in total. The molecule has 2 heterocycles. The number of aliphatic hydroxyl groups is 1. The summed E-state index contributed by atoms with van der Waals surface area (Å²) >= 11 is 0. The molecule has 0 bridgehead atoms. The maximum Gasteiger partial charge on any atom is 0.273 e. The van der Waals surface area contributed by atoms with Gasteiger partial charge in [0.1, 0.15) is 0 Å². The van der Waals surface area contributed by atoms with Crippen molar-refractivity contribution in [2.45, 2.75) is 45.3 Å². The van der Waals surface area contributed by atoms with Crippen LogP contribution in [0, 0.1) is 5.92 Å². The second kappa shape index (κ2) is 9.67. The summed E-state index contributed by atoms with van der Waals surface area (Å²) in [6.07, 6.45) is 3.56. The number of hydrogen-bond acceptors (Lipinski definition) is 5. The first kappa shape index (κ1) is 19.6. The maximum atomic E-state index is 12.0. The molecule has 1 aromatic heterocycles. The molecule has 0 saturated carbocycles. The highest BCUT2D eigenvalue weighted by Crippen LogP contribution is 2.23. The number of benzene rings is 1. The van der Waals surface area contributed by atoms with Crippen LogP contribution in [0.5, 0.6) is 0 Å². The Morgan fingerprint density at radius 1 is 1.33 bits per heavy atom. The van der Waals surface area contributed by atoms with Crippen LogP contribution >= 0.6 is 0 Å². The number of carbonyl (C=O) groups is 1. The fourth-order valence-electron chi connectivity index (χ4n) is 3.46. The van der Waals surface area contributed by atoms with Crippen LogP contribution in [-0.4, -0.2) is 46.8 Å². The van der Waals surface area contributed by atoms with E-state index >= 15 is 0 Å². The summed E-state index contributed by atoms with van der Waals surface area (Å²) in [5.41, 5.74) is 1.68. The molecule has 27 heavy (non-hydrogen) atoms. The minimum Gasteiger partial charge on any atom is -0.391 e. The van der Waals surface area contributed by atoms with Gasteiger partial charge in [-0.2, -0.15) is 0 Å². The number of nitrogens with one attached hydrogen (secondary N) is 1. The van der Waals surface area contributed by atoms with Gasteiger partial charge in [-0.05, 0) is 50.3 Å². The summed E-state index contributed by atoms with van der Waals surface area (Å²) in [7, 11) is 0. The van der Waals surface area contributed by atoms with E-state index in [2.05, 4.69) is 45.7 Å². The van der Waals surface area contributed by atoms with Crippen LogP contribution in [0.25, 0.3) is 0 Å². The van der Waals surface area contributed by atoms with Crippen molar-refractivity contribution in [3.8, 4) is 0 Å². The lowest BCUT2D eigenvalue weighted by Crippen LogP contribution is -2.33. The van der Waals surface area contributed by atoms with E-state index < -0.39 is 6.10 Å². The van der Waals surface area contributed by atoms with Crippen LogP contribution in [-0.2, 0) is 13.0 Å². The molecule has 3 rings (SSSR count). The van der Waals surface area contributed by atoms with Crippen molar-refractivity contribution in [2.24, 2.45) is 5.92 Å². The van der Waals surface area contributed by atoms with Gasteiger partial charge in [-0.1, -0.05) is 42.4 Å². The number of piperidine rings is 1. The second-order valence-corrected chi connectivity index (χ2v) is 7.36. The Labute approximate surface area is 160 Å². The summed E-state index contributed by atoms with van der Waals surface area (Å²) in [4.78, 5) is 14.4. The normalized spacial score (nSPS) is 17.0. The smallest absolute Gasteiger partial charge is 0.273 e. The van der Waals surface area contributed by atoms with Crippen molar-refractivity contribution in [3.05, 3.63) is 53.4 Å². The van der Waals surface area contributed by atoms with E-state index in [0.717, 1.165) is 25.4 Å². The van der Waals surface area contributed by atoms with Gasteiger partial charge in [0.2, 0.25) is 0 Å². The van der Waals surface area contributed by atoms with Crippen LogP contribution in [0.15, 0.2) is 40.9 Å². The third-order valence-electron chi connectivity index (χ3n) is 5.21. The van der Waals surface area contributed by atoms with Gasteiger partial charge < -0.3 is 14.9 Å². The molecule has 1 aliphatic heterocycles. The first-order valence-electron chi connectivity index (χ1n) is 9.82. The molecule has 0 radical (unpaired) electrons. The number of carbonyl (C=O) groups excluding carboxylic acids is 1. The van der Waals surface area contributed by atoms with Gasteiger partial charge in [-0.3, -0.25) is 9.69 Å². The summed E-state index contributed by atoms with van der Waals surface area (Å²) in [5.74, 6) is 1.13. The third-order valence-corrected chi connectivity index (χ3v) is 5.21. The van der Waals surface area contributed by atoms with Crippen LogP contribution in [0.4, 0.5) is 0 Å². The van der Waals surface area contributed by atoms with E-state index in [4.69, 9.17) is 4.52 Å². The molecule has 1 amide bonds. The average molecular weight is 371 g/mol. The lowest BCUT2D eigenvalue weighted by Gasteiger charge is -2.31. The molecule has 1 fully saturated rings. The largest absolute Gasteiger partial charge is 0.391 e. The molecular weight excluding hydrogens is 342 g/mol. The van der Waals surface area contributed by atoms with E-state index in [9.17, 15) is 9.90 Å². The fraction of sp³-hybridized carbons (Fsp3) is 0.524. The van der Waals surface area contributed by atoms with Gasteiger partial charge in [0.05, 0.1) is 12.6 Å². The number of nitrogens with zero attached hydrogens (tertiary/aromatic N) is 2. The Balaban J connectivity index is 1.43. The first-order valence-corrected chi connectivity index (χ1v) is 9.82. The van der Waals surface area contributed by atoms with Gasteiger partial charge in [-0.15, -0.1) is 0 Å². The van der Waals surface area contributed by atoms with Crippen molar-refractivity contribution in [3.63, 3.8) is 0 Å². The molecule has 1 aromatic carbocycles. The Bertz CT molecular complexity index is 708. The zero-order chi connectivity index (χ0) is 19.1. The molecule has 146 valence electrons. The molecule has 2 N–H and O–H groups in total. The monoisotopic (exact) mass is 371 g/mol. The van der Waals surface area contributed by atoms with Crippen LogP contribution in [0.2, 0.25) is 0 Å². The molecule has 1 saturated heterocycles. The van der Waals surface area contributed by atoms with Crippen molar-refractivity contribution in [1.82, 2.24) is 15.4 Å². The van der Waals surface area contributed by atoms with Crippen LogP contribution in [0.1, 0.15) is 48.0 Å². The number of aromatic nitrogens is 1. The Hall–Kier alpha value is -2.18. The van der Waals surface area contributed by atoms with E-state index in [1.54, 1.807) is 6.07 Å². The predicted octanol–water partition coefficient (Wildman–Crippen LogP) is 2.63. The van der Waals surface area contributed by atoms with Crippen molar-refractivity contribution < 1.29 is 14.4 Å². The van der Waals surface area contributed by atoms with Gasteiger partial charge in [0, 0.05) is 12.6 Å². The number of rotatable bonds is 8. The van der Waals surface area contributed by atoms with Gasteiger partial charge >= 0.3 is 0 Å². The minimum absolute atomic E-state index is 0.229. The molecule has 0 spiro atoms. The molecule has 1 atom stereocenters. The number of amides is 1. The highest BCUT2D eigenvalue weighted by molar-refractivity contribution is 5.92. The third kappa shape index (κ3) is 5.91. The minimum atomic E-state index is -0.530.